The second-order valence-electron chi connectivity index (χ2n) is 8.06. The maximum Gasteiger partial charge on any atom is 0.255 e. The van der Waals surface area contributed by atoms with Gasteiger partial charge in [0.2, 0.25) is 0 Å². The number of benzene rings is 3. The summed E-state index contributed by atoms with van der Waals surface area (Å²) in [6.07, 6.45) is 6.12. The highest BCUT2D eigenvalue weighted by Crippen LogP contribution is 2.28. The number of fused-ring (bicyclic) bond motifs is 1. The van der Waals surface area contributed by atoms with E-state index in [4.69, 9.17) is 6.57 Å². The van der Waals surface area contributed by atoms with Gasteiger partial charge in [-0.3, -0.25) is 14.8 Å². The summed E-state index contributed by atoms with van der Waals surface area (Å²) in [5, 5.41) is 7.18. The maximum absolute atomic E-state index is 12.7. The van der Waals surface area contributed by atoms with Crippen LogP contribution in [0.25, 0.3) is 15.7 Å². The van der Waals surface area contributed by atoms with E-state index in [1.165, 1.54) is 5.56 Å². The van der Waals surface area contributed by atoms with Crippen molar-refractivity contribution in [3.63, 3.8) is 0 Å². The van der Waals surface area contributed by atoms with Gasteiger partial charge in [-0.2, -0.15) is 0 Å². The van der Waals surface area contributed by atoms with Crippen molar-refractivity contribution in [2.45, 2.75) is 6.42 Å². The minimum Gasteiger partial charge on any atom is -0.355 e. The van der Waals surface area contributed by atoms with Gasteiger partial charge >= 0.3 is 0 Å². The van der Waals surface area contributed by atoms with Gasteiger partial charge in [0.25, 0.3) is 5.91 Å². The van der Waals surface area contributed by atoms with Gasteiger partial charge in [0.05, 0.1) is 12.1 Å². The molecular weight excluding hydrogens is 434 g/mol. The number of pyridine rings is 2. The van der Waals surface area contributed by atoms with Crippen molar-refractivity contribution in [1.82, 2.24) is 9.97 Å². The molecule has 168 valence electrons. The van der Waals surface area contributed by atoms with Gasteiger partial charge in [-0.1, -0.05) is 18.2 Å². The number of rotatable bonds is 6. The van der Waals surface area contributed by atoms with Crippen LogP contribution in [-0.4, -0.2) is 15.9 Å². The number of carbonyl (C=O) groups excluding carboxylic acids is 1. The number of hydrogen-bond acceptors (Lipinski definition) is 4. The number of amides is 1. The van der Waals surface area contributed by atoms with Gasteiger partial charge in [-0.15, -0.1) is 0 Å². The molecule has 0 fully saturated rings. The Morgan fingerprint density at radius 3 is 2.26 bits per heavy atom. The van der Waals surface area contributed by atoms with E-state index in [9.17, 15) is 4.79 Å². The summed E-state index contributed by atoms with van der Waals surface area (Å²) in [5.74, 6) is -0.172. The second kappa shape index (κ2) is 9.86. The third-order valence-corrected chi connectivity index (χ3v) is 5.65. The molecule has 6 nitrogen and oxygen atoms in total. The van der Waals surface area contributed by atoms with Crippen LogP contribution in [-0.2, 0) is 6.42 Å². The van der Waals surface area contributed by atoms with Crippen molar-refractivity contribution in [3.8, 4) is 0 Å². The van der Waals surface area contributed by atoms with Gasteiger partial charge in [-0.05, 0) is 84.3 Å². The zero-order valence-corrected chi connectivity index (χ0v) is 18.8. The molecule has 2 aromatic heterocycles. The predicted molar refractivity (Wildman–Crippen MR) is 139 cm³/mol. The first-order chi connectivity index (χ1) is 17.2. The molecule has 6 heteroatoms. The standard InChI is InChI=1S/C29H21N5O/c1-30-25-10-11-27-26(19-25)28(14-17-32-27)33-23-8-4-22(5-9-23)29(35)34-24-6-2-20(3-7-24)18-21-12-15-31-16-13-21/h2-17,19H,18H2,(H,32,33)(H,34,35). The van der Waals surface area contributed by atoms with Crippen LogP contribution in [0.15, 0.2) is 104 Å². The van der Waals surface area contributed by atoms with E-state index in [0.717, 1.165) is 39.9 Å². The number of carbonyl (C=O) groups is 1. The smallest absolute Gasteiger partial charge is 0.255 e. The largest absolute Gasteiger partial charge is 0.355 e. The number of aromatic nitrogens is 2. The summed E-state index contributed by atoms with van der Waals surface area (Å²) in [4.78, 5) is 24.6. The van der Waals surface area contributed by atoms with Crippen LogP contribution in [0, 0.1) is 6.57 Å². The van der Waals surface area contributed by atoms with Crippen LogP contribution in [0.4, 0.5) is 22.7 Å². The number of nitrogens with one attached hydrogen (secondary N) is 2. The third kappa shape index (κ3) is 5.15. The lowest BCUT2D eigenvalue weighted by Gasteiger charge is -2.11. The van der Waals surface area contributed by atoms with E-state index in [-0.39, 0.29) is 5.91 Å². The molecule has 0 radical (unpaired) electrons. The Morgan fingerprint density at radius 2 is 1.51 bits per heavy atom. The molecule has 0 atom stereocenters. The highest BCUT2D eigenvalue weighted by Gasteiger charge is 2.08. The summed E-state index contributed by atoms with van der Waals surface area (Å²) in [7, 11) is 0. The molecule has 3 aromatic carbocycles. The zero-order chi connectivity index (χ0) is 24.0. The van der Waals surface area contributed by atoms with Crippen molar-refractivity contribution in [2.24, 2.45) is 0 Å². The molecule has 0 saturated heterocycles. The molecule has 0 aliphatic heterocycles. The monoisotopic (exact) mass is 455 g/mol. The van der Waals surface area contributed by atoms with Gasteiger partial charge < -0.3 is 10.6 Å². The molecule has 2 heterocycles. The van der Waals surface area contributed by atoms with E-state index < -0.39 is 0 Å². The van der Waals surface area contributed by atoms with Crippen LogP contribution in [0.5, 0.6) is 0 Å². The summed E-state index contributed by atoms with van der Waals surface area (Å²) >= 11 is 0. The first kappa shape index (κ1) is 21.8. The molecule has 0 bridgehead atoms. The molecule has 1 amide bonds. The molecule has 0 saturated carbocycles. The molecule has 0 aliphatic rings. The lowest BCUT2D eigenvalue weighted by atomic mass is 10.1. The SMILES string of the molecule is [C-]#[N+]c1ccc2nccc(Nc3ccc(C(=O)Nc4ccc(Cc5ccncc5)cc4)cc3)c2c1. The topological polar surface area (TPSA) is 71.3 Å². The van der Waals surface area contributed by atoms with Crippen LogP contribution in [0.3, 0.4) is 0 Å². The van der Waals surface area contributed by atoms with Crippen molar-refractivity contribution in [2.75, 3.05) is 10.6 Å². The van der Waals surface area contributed by atoms with E-state index in [1.54, 1.807) is 36.8 Å². The van der Waals surface area contributed by atoms with Gasteiger partial charge in [0, 0.05) is 46.6 Å². The highest BCUT2D eigenvalue weighted by atomic mass is 16.1. The zero-order valence-electron chi connectivity index (χ0n) is 18.8. The van der Waals surface area contributed by atoms with Crippen LogP contribution in [0.1, 0.15) is 21.5 Å². The summed E-state index contributed by atoms with van der Waals surface area (Å²) in [6, 6.07) is 26.4. The Labute approximate surface area is 203 Å². The summed E-state index contributed by atoms with van der Waals surface area (Å²) in [5.41, 5.74) is 6.72. The Kier molecular flexibility index (Phi) is 6.14. The van der Waals surface area contributed by atoms with E-state index in [1.807, 2.05) is 66.7 Å². The van der Waals surface area contributed by atoms with E-state index in [0.29, 0.717) is 11.3 Å². The second-order valence-corrected chi connectivity index (χ2v) is 8.06. The Morgan fingerprint density at radius 1 is 0.800 bits per heavy atom. The lowest BCUT2D eigenvalue weighted by Crippen LogP contribution is -2.11. The van der Waals surface area contributed by atoms with Crippen molar-refractivity contribution < 1.29 is 4.79 Å². The minimum absolute atomic E-state index is 0.172. The molecule has 5 rings (SSSR count). The lowest BCUT2D eigenvalue weighted by molar-refractivity contribution is 0.102. The van der Waals surface area contributed by atoms with Gasteiger partial charge in [0.1, 0.15) is 0 Å². The van der Waals surface area contributed by atoms with Crippen LogP contribution >= 0.6 is 0 Å². The number of hydrogen-bond donors (Lipinski definition) is 2. The molecule has 0 spiro atoms. The third-order valence-electron chi connectivity index (χ3n) is 5.65. The van der Waals surface area contributed by atoms with Crippen LogP contribution < -0.4 is 10.6 Å². The fraction of sp³-hybridized carbons (Fsp3) is 0.0345. The number of anilines is 3. The maximum atomic E-state index is 12.7. The summed E-state index contributed by atoms with van der Waals surface area (Å²) < 4.78 is 0. The molecule has 2 N–H and O–H groups in total. The fourth-order valence-electron chi connectivity index (χ4n) is 3.82. The summed E-state index contributed by atoms with van der Waals surface area (Å²) in [6.45, 7) is 7.26. The predicted octanol–water partition coefficient (Wildman–Crippen LogP) is 6.77. The molecule has 35 heavy (non-hydrogen) atoms. The average Bonchev–Trinajstić information content (AvgIpc) is 2.91. The van der Waals surface area contributed by atoms with E-state index >= 15 is 0 Å². The van der Waals surface area contributed by atoms with Crippen molar-refractivity contribution in [3.05, 3.63) is 132 Å². The quantitative estimate of drug-likeness (QED) is 0.277. The Hall–Kier alpha value is -5.02. The first-order valence-electron chi connectivity index (χ1n) is 11.1. The molecular formula is C29H21N5O. The van der Waals surface area contributed by atoms with Crippen molar-refractivity contribution >= 4 is 39.6 Å². The van der Waals surface area contributed by atoms with Crippen LogP contribution in [0.2, 0.25) is 0 Å². The molecule has 0 aliphatic carbocycles. The molecule has 0 unspecified atom stereocenters. The fourth-order valence-corrected chi connectivity index (χ4v) is 3.82. The average molecular weight is 456 g/mol. The Balaban J connectivity index is 1.25. The minimum atomic E-state index is -0.172. The molecule has 5 aromatic rings. The van der Waals surface area contributed by atoms with Gasteiger partial charge in [0.15, 0.2) is 5.69 Å². The van der Waals surface area contributed by atoms with E-state index in [2.05, 4.69) is 25.4 Å². The Bertz CT molecular complexity index is 1520. The first-order valence-corrected chi connectivity index (χ1v) is 11.1. The highest BCUT2D eigenvalue weighted by molar-refractivity contribution is 6.04. The van der Waals surface area contributed by atoms with Crippen molar-refractivity contribution in [1.29, 1.82) is 0 Å². The normalized spacial score (nSPS) is 10.5. The van der Waals surface area contributed by atoms with Gasteiger partial charge in [-0.25, -0.2) is 4.85 Å². The number of nitrogens with zero attached hydrogens (tertiary/aromatic N) is 3.